The van der Waals surface area contributed by atoms with Gasteiger partial charge in [-0.15, -0.1) is 0 Å². The molecular formula is C15H24N4S. The summed E-state index contributed by atoms with van der Waals surface area (Å²) in [5.74, 6) is 0.822. The smallest absolute Gasteiger partial charge is 0.136 e. The second-order valence-electron chi connectivity index (χ2n) is 5.99. The van der Waals surface area contributed by atoms with E-state index in [9.17, 15) is 0 Å². The van der Waals surface area contributed by atoms with Gasteiger partial charge in [0.1, 0.15) is 10.8 Å². The highest BCUT2D eigenvalue weighted by Crippen LogP contribution is 2.36. The molecule has 1 fully saturated rings. The highest BCUT2D eigenvalue weighted by molar-refractivity contribution is 7.80. The van der Waals surface area contributed by atoms with E-state index in [1.807, 2.05) is 19.9 Å². The van der Waals surface area contributed by atoms with Crippen LogP contribution in [0.2, 0.25) is 0 Å². The second-order valence-corrected chi connectivity index (χ2v) is 6.43. The Hall–Kier alpha value is -1.20. The van der Waals surface area contributed by atoms with Crippen LogP contribution in [0, 0.1) is 13.8 Å². The van der Waals surface area contributed by atoms with Crippen LogP contribution < -0.4 is 11.1 Å². The molecule has 20 heavy (non-hydrogen) atoms. The minimum absolute atomic E-state index is 0.243. The largest absolute Gasteiger partial charge is 0.389 e. The number of anilines is 1. The quantitative estimate of drug-likeness (QED) is 0.815. The predicted molar refractivity (Wildman–Crippen MR) is 88.4 cm³/mol. The van der Waals surface area contributed by atoms with Gasteiger partial charge in [0, 0.05) is 17.8 Å². The van der Waals surface area contributed by atoms with Gasteiger partial charge in [-0.1, -0.05) is 12.2 Å². The highest BCUT2D eigenvalue weighted by Gasteiger charge is 2.39. The molecule has 4 nitrogen and oxygen atoms in total. The van der Waals surface area contributed by atoms with Crippen molar-refractivity contribution in [3.8, 4) is 0 Å². The molecule has 0 saturated heterocycles. The summed E-state index contributed by atoms with van der Waals surface area (Å²) >= 11 is 5.17. The Bertz CT molecular complexity index is 521. The van der Waals surface area contributed by atoms with E-state index in [1.54, 1.807) is 0 Å². The Morgan fingerprint density at radius 3 is 2.55 bits per heavy atom. The summed E-state index contributed by atoms with van der Waals surface area (Å²) in [6.45, 7) is 4.90. The first-order valence-corrected chi connectivity index (χ1v) is 7.46. The number of hydrogen-bond acceptors (Lipinski definition) is 4. The van der Waals surface area contributed by atoms with Crippen LogP contribution >= 0.6 is 12.2 Å². The number of nitrogens with zero attached hydrogens (tertiary/aromatic N) is 2. The maximum atomic E-state index is 5.85. The zero-order chi connectivity index (χ0) is 14.9. The van der Waals surface area contributed by atoms with Gasteiger partial charge in [0.25, 0.3) is 0 Å². The van der Waals surface area contributed by atoms with Gasteiger partial charge in [-0.2, -0.15) is 0 Å². The van der Waals surface area contributed by atoms with E-state index >= 15 is 0 Å². The summed E-state index contributed by atoms with van der Waals surface area (Å²) in [5.41, 5.74) is 9.04. The third-order valence-corrected chi connectivity index (χ3v) is 4.61. The Morgan fingerprint density at radius 2 is 2.10 bits per heavy atom. The SMILES string of the molecule is Cc1cc(C)c(C(N)=S)c(NCC2(N(C)C)CCC2)n1. The molecule has 3 N–H and O–H groups in total. The molecule has 0 bridgehead atoms. The number of aryl methyl sites for hydroxylation is 2. The molecule has 1 saturated carbocycles. The minimum atomic E-state index is 0.243. The van der Waals surface area contributed by atoms with Gasteiger partial charge < -0.3 is 16.0 Å². The van der Waals surface area contributed by atoms with Gasteiger partial charge in [0.2, 0.25) is 0 Å². The lowest BCUT2D eigenvalue weighted by Crippen LogP contribution is -2.54. The molecule has 0 radical (unpaired) electrons. The number of nitrogens with one attached hydrogen (secondary N) is 1. The zero-order valence-corrected chi connectivity index (χ0v) is 13.6. The van der Waals surface area contributed by atoms with Crippen molar-refractivity contribution < 1.29 is 0 Å². The number of hydrogen-bond donors (Lipinski definition) is 2. The Kier molecular flexibility index (Phi) is 4.30. The van der Waals surface area contributed by atoms with Crippen molar-refractivity contribution in [2.24, 2.45) is 5.73 Å². The normalized spacial score (nSPS) is 16.9. The number of likely N-dealkylation sites (N-methyl/N-ethyl adjacent to an activating group) is 1. The summed E-state index contributed by atoms with van der Waals surface area (Å²) in [7, 11) is 4.29. The van der Waals surface area contributed by atoms with Crippen molar-refractivity contribution >= 4 is 23.0 Å². The molecule has 0 unspecified atom stereocenters. The molecule has 1 aromatic heterocycles. The van der Waals surface area contributed by atoms with Crippen LogP contribution in [0.4, 0.5) is 5.82 Å². The van der Waals surface area contributed by atoms with Crippen LogP contribution in [0.5, 0.6) is 0 Å². The lowest BCUT2D eigenvalue weighted by atomic mass is 9.75. The fourth-order valence-electron chi connectivity index (χ4n) is 2.89. The first kappa shape index (κ1) is 15.2. The summed E-state index contributed by atoms with van der Waals surface area (Å²) in [6, 6.07) is 2.02. The summed E-state index contributed by atoms with van der Waals surface area (Å²) in [5, 5.41) is 3.48. The first-order valence-electron chi connectivity index (χ1n) is 7.05. The average Bonchev–Trinajstić information content (AvgIpc) is 2.25. The van der Waals surface area contributed by atoms with Gasteiger partial charge in [0.15, 0.2) is 0 Å². The molecule has 5 heteroatoms. The molecule has 1 aliphatic carbocycles. The van der Waals surface area contributed by atoms with E-state index in [2.05, 4.69) is 29.3 Å². The molecule has 1 heterocycles. The van der Waals surface area contributed by atoms with E-state index in [4.69, 9.17) is 18.0 Å². The number of nitrogens with two attached hydrogens (primary N) is 1. The van der Waals surface area contributed by atoms with Crippen molar-refractivity contribution in [2.45, 2.75) is 38.6 Å². The lowest BCUT2D eigenvalue weighted by molar-refractivity contribution is 0.0738. The van der Waals surface area contributed by atoms with Crippen molar-refractivity contribution in [1.29, 1.82) is 0 Å². The molecule has 0 aromatic carbocycles. The molecule has 0 spiro atoms. The molecule has 0 atom stereocenters. The van der Waals surface area contributed by atoms with Crippen LogP contribution in [0.15, 0.2) is 6.07 Å². The predicted octanol–water partition coefficient (Wildman–Crippen LogP) is 2.23. The van der Waals surface area contributed by atoms with E-state index in [0.29, 0.717) is 4.99 Å². The van der Waals surface area contributed by atoms with Gasteiger partial charge in [0.05, 0.1) is 5.56 Å². The Balaban J connectivity index is 2.23. The minimum Gasteiger partial charge on any atom is -0.389 e. The number of rotatable bonds is 5. The summed E-state index contributed by atoms with van der Waals surface area (Å²) in [6.07, 6.45) is 3.74. The van der Waals surface area contributed by atoms with Crippen molar-refractivity contribution in [2.75, 3.05) is 26.0 Å². The third kappa shape index (κ3) is 2.79. The van der Waals surface area contributed by atoms with E-state index < -0.39 is 0 Å². The lowest BCUT2D eigenvalue weighted by Gasteiger charge is -2.47. The van der Waals surface area contributed by atoms with Gasteiger partial charge in [-0.05, 0) is 58.8 Å². The maximum Gasteiger partial charge on any atom is 0.136 e. The number of pyridine rings is 1. The molecule has 0 amide bonds. The van der Waals surface area contributed by atoms with Crippen LogP contribution in [0.3, 0.4) is 0 Å². The fraction of sp³-hybridized carbons (Fsp3) is 0.600. The monoisotopic (exact) mass is 292 g/mol. The van der Waals surface area contributed by atoms with Crippen LogP contribution in [0.25, 0.3) is 0 Å². The highest BCUT2D eigenvalue weighted by atomic mass is 32.1. The van der Waals surface area contributed by atoms with Crippen LogP contribution in [0.1, 0.15) is 36.1 Å². The molecule has 2 rings (SSSR count). The molecule has 1 aliphatic rings. The Labute approximate surface area is 126 Å². The number of thiocarbonyl (C=S) groups is 1. The molecule has 1 aromatic rings. The molecule has 110 valence electrons. The van der Waals surface area contributed by atoms with Crippen molar-refractivity contribution in [3.05, 3.63) is 22.9 Å². The zero-order valence-electron chi connectivity index (χ0n) is 12.8. The van der Waals surface area contributed by atoms with E-state index in [1.165, 1.54) is 19.3 Å². The van der Waals surface area contributed by atoms with E-state index in [-0.39, 0.29) is 5.54 Å². The van der Waals surface area contributed by atoms with Gasteiger partial charge in [-0.25, -0.2) is 4.98 Å². The topological polar surface area (TPSA) is 54.2 Å². The summed E-state index contributed by atoms with van der Waals surface area (Å²) < 4.78 is 0. The maximum absolute atomic E-state index is 5.85. The average molecular weight is 292 g/mol. The van der Waals surface area contributed by atoms with Gasteiger partial charge in [-0.3, -0.25) is 0 Å². The second kappa shape index (κ2) is 5.66. The van der Waals surface area contributed by atoms with Gasteiger partial charge >= 0.3 is 0 Å². The van der Waals surface area contributed by atoms with E-state index in [0.717, 1.165) is 29.2 Å². The molecule has 0 aliphatic heterocycles. The standard InChI is InChI=1S/C15H24N4S/c1-10-8-11(2)18-14(12(10)13(16)20)17-9-15(19(3)4)6-5-7-15/h8H,5-7,9H2,1-4H3,(H2,16,20)(H,17,18). The third-order valence-electron chi connectivity index (χ3n) is 4.41. The Morgan fingerprint density at radius 1 is 1.45 bits per heavy atom. The number of aromatic nitrogens is 1. The molecular weight excluding hydrogens is 268 g/mol. The van der Waals surface area contributed by atoms with Crippen molar-refractivity contribution in [1.82, 2.24) is 9.88 Å². The van der Waals surface area contributed by atoms with Crippen LogP contribution in [-0.2, 0) is 0 Å². The van der Waals surface area contributed by atoms with Crippen LogP contribution in [-0.4, -0.2) is 41.1 Å². The first-order chi connectivity index (χ1) is 9.35. The summed E-state index contributed by atoms with van der Waals surface area (Å²) in [4.78, 5) is 7.30. The fourth-order valence-corrected chi connectivity index (χ4v) is 3.15. The van der Waals surface area contributed by atoms with Crippen molar-refractivity contribution in [3.63, 3.8) is 0 Å².